The van der Waals surface area contributed by atoms with Crippen LogP contribution in [0.3, 0.4) is 0 Å². The Hall–Kier alpha value is -1.08. The lowest BCUT2D eigenvalue weighted by Gasteiger charge is -2.08. The zero-order chi connectivity index (χ0) is 13.6. The molecule has 104 valence electrons. The minimum atomic E-state index is -4.25. The van der Waals surface area contributed by atoms with Gasteiger partial charge in [0.25, 0.3) is 0 Å². The Labute approximate surface area is 104 Å². The van der Waals surface area contributed by atoms with Crippen molar-refractivity contribution in [2.75, 3.05) is 20.3 Å². The molecule has 0 aliphatic rings. The van der Waals surface area contributed by atoms with Gasteiger partial charge in [-0.05, 0) is 20.4 Å². The molecule has 1 rings (SSSR count). The highest BCUT2D eigenvalue weighted by Crippen LogP contribution is 2.14. The van der Waals surface area contributed by atoms with Gasteiger partial charge in [-0.1, -0.05) is 0 Å². The number of nitrogens with zero attached hydrogens (tertiary/aromatic N) is 2. The first-order valence-corrected chi connectivity index (χ1v) is 5.74. The maximum absolute atomic E-state index is 11.8. The van der Waals surface area contributed by atoms with E-state index in [2.05, 4.69) is 15.2 Å². The van der Waals surface area contributed by atoms with Crippen LogP contribution in [0.2, 0.25) is 0 Å². The van der Waals surface area contributed by atoms with Crippen molar-refractivity contribution in [3.05, 3.63) is 17.5 Å². The molecule has 1 heterocycles. The molecule has 0 aliphatic heterocycles. The molecular formula is C11H18F3N3O. The fourth-order valence-electron chi connectivity index (χ4n) is 1.58. The van der Waals surface area contributed by atoms with Gasteiger partial charge in [-0.15, -0.1) is 0 Å². The monoisotopic (exact) mass is 265 g/mol. The highest BCUT2D eigenvalue weighted by Gasteiger charge is 2.27. The molecule has 0 aromatic carbocycles. The number of ether oxygens (including phenoxy) is 1. The van der Waals surface area contributed by atoms with E-state index in [1.54, 1.807) is 10.9 Å². The normalized spacial score (nSPS) is 12.1. The van der Waals surface area contributed by atoms with E-state index in [0.717, 1.165) is 17.8 Å². The third kappa shape index (κ3) is 5.05. The predicted octanol–water partition coefficient (Wildman–Crippen LogP) is 1.88. The SMILES string of the molecule is CNCc1cnn(CCCOCC(F)(F)F)c1C. The van der Waals surface area contributed by atoms with Crippen molar-refractivity contribution >= 4 is 0 Å². The van der Waals surface area contributed by atoms with Crippen LogP contribution in [0.4, 0.5) is 13.2 Å². The Morgan fingerprint density at radius 3 is 2.78 bits per heavy atom. The van der Waals surface area contributed by atoms with Crippen LogP contribution >= 0.6 is 0 Å². The minimum absolute atomic E-state index is 0.0835. The molecule has 0 atom stereocenters. The summed E-state index contributed by atoms with van der Waals surface area (Å²) in [5.41, 5.74) is 2.12. The first kappa shape index (κ1) is 15.0. The van der Waals surface area contributed by atoms with E-state index in [4.69, 9.17) is 0 Å². The van der Waals surface area contributed by atoms with E-state index in [0.29, 0.717) is 13.0 Å². The molecule has 1 N–H and O–H groups in total. The van der Waals surface area contributed by atoms with Crippen LogP contribution in [-0.2, 0) is 17.8 Å². The zero-order valence-corrected chi connectivity index (χ0v) is 10.5. The molecule has 0 saturated heterocycles. The lowest BCUT2D eigenvalue weighted by atomic mass is 10.2. The van der Waals surface area contributed by atoms with Gasteiger partial charge in [-0.2, -0.15) is 18.3 Å². The van der Waals surface area contributed by atoms with Crippen molar-refractivity contribution in [2.45, 2.75) is 32.6 Å². The predicted molar refractivity (Wildman–Crippen MR) is 61.2 cm³/mol. The van der Waals surface area contributed by atoms with Crippen LogP contribution in [0.1, 0.15) is 17.7 Å². The van der Waals surface area contributed by atoms with E-state index in [1.807, 2.05) is 14.0 Å². The zero-order valence-electron chi connectivity index (χ0n) is 10.5. The quantitative estimate of drug-likeness (QED) is 0.765. The maximum atomic E-state index is 11.8. The van der Waals surface area contributed by atoms with Crippen LogP contribution < -0.4 is 5.32 Å². The Morgan fingerprint density at radius 1 is 1.44 bits per heavy atom. The lowest BCUT2D eigenvalue weighted by Crippen LogP contribution is -2.18. The van der Waals surface area contributed by atoms with Gasteiger partial charge in [0.15, 0.2) is 0 Å². The van der Waals surface area contributed by atoms with Gasteiger partial charge in [0.1, 0.15) is 6.61 Å². The molecule has 0 unspecified atom stereocenters. The largest absolute Gasteiger partial charge is 0.411 e. The Morgan fingerprint density at radius 2 is 2.17 bits per heavy atom. The molecule has 18 heavy (non-hydrogen) atoms. The summed E-state index contributed by atoms with van der Waals surface area (Å²) in [7, 11) is 1.85. The van der Waals surface area contributed by atoms with Crippen LogP contribution in [-0.4, -0.2) is 36.2 Å². The van der Waals surface area contributed by atoms with Crippen molar-refractivity contribution in [2.24, 2.45) is 0 Å². The molecule has 1 aromatic heterocycles. The van der Waals surface area contributed by atoms with E-state index in [1.165, 1.54) is 0 Å². The van der Waals surface area contributed by atoms with Crippen molar-refractivity contribution < 1.29 is 17.9 Å². The number of hydrogen-bond donors (Lipinski definition) is 1. The molecule has 4 nitrogen and oxygen atoms in total. The summed E-state index contributed by atoms with van der Waals surface area (Å²) in [4.78, 5) is 0. The summed E-state index contributed by atoms with van der Waals surface area (Å²) in [6.45, 7) is 2.14. The molecule has 0 amide bonds. The van der Waals surface area contributed by atoms with E-state index in [9.17, 15) is 13.2 Å². The molecule has 0 fully saturated rings. The molecule has 0 saturated carbocycles. The minimum Gasteiger partial charge on any atom is -0.372 e. The summed E-state index contributed by atoms with van der Waals surface area (Å²) < 4.78 is 41.7. The molecule has 7 heteroatoms. The topological polar surface area (TPSA) is 39.1 Å². The molecule has 0 spiro atoms. The number of rotatable bonds is 7. The second kappa shape index (κ2) is 6.75. The van der Waals surface area contributed by atoms with Crippen LogP contribution in [0, 0.1) is 6.92 Å². The fourth-order valence-corrected chi connectivity index (χ4v) is 1.58. The Kier molecular flexibility index (Phi) is 5.61. The van der Waals surface area contributed by atoms with E-state index < -0.39 is 12.8 Å². The molecule has 0 aliphatic carbocycles. The second-order valence-corrected chi connectivity index (χ2v) is 4.03. The van der Waals surface area contributed by atoms with Gasteiger partial charge in [-0.3, -0.25) is 4.68 Å². The summed E-state index contributed by atoms with van der Waals surface area (Å²) >= 11 is 0. The first-order valence-electron chi connectivity index (χ1n) is 5.74. The van der Waals surface area contributed by atoms with Gasteiger partial charge in [0.2, 0.25) is 0 Å². The molecule has 1 aromatic rings. The number of aryl methyl sites for hydroxylation is 1. The van der Waals surface area contributed by atoms with Crippen molar-refractivity contribution in [3.63, 3.8) is 0 Å². The van der Waals surface area contributed by atoms with E-state index >= 15 is 0 Å². The van der Waals surface area contributed by atoms with Gasteiger partial charge < -0.3 is 10.1 Å². The van der Waals surface area contributed by atoms with Crippen molar-refractivity contribution in [1.29, 1.82) is 0 Å². The second-order valence-electron chi connectivity index (χ2n) is 4.03. The number of nitrogens with one attached hydrogen (secondary N) is 1. The Bertz CT molecular complexity index is 363. The fraction of sp³-hybridized carbons (Fsp3) is 0.727. The highest BCUT2D eigenvalue weighted by molar-refractivity contribution is 5.15. The highest BCUT2D eigenvalue weighted by atomic mass is 19.4. The van der Waals surface area contributed by atoms with Crippen molar-refractivity contribution in [1.82, 2.24) is 15.1 Å². The average Bonchev–Trinajstić information content (AvgIpc) is 2.60. The first-order chi connectivity index (χ1) is 8.44. The van der Waals surface area contributed by atoms with Crippen molar-refractivity contribution in [3.8, 4) is 0 Å². The standard InChI is InChI=1S/C11H18F3N3O/c1-9-10(6-15-2)7-16-17(9)4-3-5-18-8-11(12,13)14/h7,15H,3-6,8H2,1-2H3. The van der Waals surface area contributed by atoms with Gasteiger partial charge in [-0.25, -0.2) is 0 Å². The summed E-state index contributed by atoms with van der Waals surface area (Å²) in [6.07, 6.45) is -1.97. The van der Waals surface area contributed by atoms with Crippen LogP contribution in [0.15, 0.2) is 6.20 Å². The molecule has 0 bridgehead atoms. The third-order valence-corrected chi connectivity index (χ3v) is 2.50. The smallest absolute Gasteiger partial charge is 0.372 e. The molecular weight excluding hydrogens is 247 g/mol. The van der Waals surface area contributed by atoms with Crippen LogP contribution in [0.25, 0.3) is 0 Å². The van der Waals surface area contributed by atoms with Gasteiger partial charge in [0.05, 0.1) is 6.20 Å². The lowest BCUT2D eigenvalue weighted by molar-refractivity contribution is -0.174. The number of halogens is 3. The van der Waals surface area contributed by atoms with E-state index in [-0.39, 0.29) is 6.61 Å². The number of aromatic nitrogens is 2. The van der Waals surface area contributed by atoms with Crippen LogP contribution in [0.5, 0.6) is 0 Å². The summed E-state index contributed by atoms with van der Waals surface area (Å²) in [6, 6.07) is 0. The average molecular weight is 265 g/mol. The number of alkyl halides is 3. The van der Waals surface area contributed by atoms with Gasteiger partial charge >= 0.3 is 6.18 Å². The van der Waals surface area contributed by atoms with Gasteiger partial charge in [0, 0.05) is 31.0 Å². The number of hydrogen-bond acceptors (Lipinski definition) is 3. The Balaban J connectivity index is 2.27. The summed E-state index contributed by atoms with van der Waals surface area (Å²) in [5, 5.41) is 7.21. The third-order valence-electron chi connectivity index (χ3n) is 2.50. The maximum Gasteiger partial charge on any atom is 0.411 e. The summed E-state index contributed by atoms with van der Waals surface area (Å²) in [5.74, 6) is 0. The molecule has 0 radical (unpaired) electrons.